The van der Waals surface area contributed by atoms with E-state index in [2.05, 4.69) is 23.0 Å². The van der Waals surface area contributed by atoms with E-state index in [0.29, 0.717) is 0 Å². The molecule has 0 spiro atoms. The molecule has 0 N–H and O–H groups in total. The van der Waals surface area contributed by atoms with Crippen molar-refractivity contribution in [2.45, 2.75) is 34.6 Å². The standard InChI is InChI=1S/C19H16N2S.2C2H6/c1-15-12-18(20-13-16-8-4-2-5-9-16)22-19(15)21-14-17-10-6-3-7-11-17;2*1-2/h2-14H,1H3;2*1-2H3/b20-13+,21-14+;;. The van der Waals surface area contributed by atoms with Crippen molar-refractivity contribution in [3.8, 4) is 0 Å². The van der Waals surface area contributed by atoms with E-state index in [0.717, 1.165) is 26.7 Å². The third-order valence-electron chi connectivity index (χ3n) is 3.15. The second-order valence-electron chi connectivity index (χ2n) is 4.91. The van der Waals surface area contributed by atoms with Gasteiger partial charge in [0.25, 0.3) is 0 Å². The summed E-state index contributed by atoms with van der Waals surface area (Å²) in [5.74, 6) is 0. The Bertz CT molecular complexity index is 788. The molecule has 0 saturated heterocycles. The van der Waals surface area contributed by atoms with E-state index >= 15 is 0 Å². The third-order valence-corrected chi connectivity index (χ3v) is 4.20. The van der Waals surface area contributed by atoms with Crippen LogP contribution >= 0.6 is 11.3 Å². The minimum Gasteiger partial charge on any atom is -0.245 e. The summed E-state index contributed by atoms with van der Waals surface area (Å²) in [5, 5.41) is 1.98. The van der Waals surface area contributed by atoms with Crippen molar-refractivity contribution in [3.63, 3.8) is 0 Å². The van der Waals surface area contributed by atoms with Crippen molar-refractivity contribution >= 4 is 33.8 Å². The summed E-state index contributed by atoms with van der Waals surface area (Å²) in [6.07, 6.45) is 3.78. The maximum absolute atomic E-state index is 4.57. The predicted molar refractivity (Wildman–Crippen MR) is 119 cm³/mol. The van der Waals surface area contributed by atoms with Crippen molar-refractivity contribution < 1.29 is 0 Å². The van der Waals surface area contributed by atoms with Gasteiger partial charge in [0.15, 0.2) is 0 Å². The van der Waals surface area contributed by atoms with Gasteiger partial charge in [0.05, 0.1) is 0 Å². The zero-order valence-electron chi connectivity index (χ0n) is 16.3. The number of benzene rings is 2. The summed E-state index contributed by atoms with van der Waals surface area (Å²) >= 11 is 1.60. The van der Waals surface area contributed by atoms with E-state index in [9.17, 15) is 0 Å². The average Bonchev–Trinajstić information content (AvgIpc) is 3.09. The molecule has 2 nitrogen and oxygen atoms in total. The smallest absolute Gasteiger partial charge is 0.120 e. The number of thiophene rings is 1. The summed E-state index contributed by atoms with van der Waals surface area (Å²) in [7, 11) is 0. The molecule has 3 heteroatoms. The van der Waals surface area contributed by atoms with Crippen LogP contribution in [0.2, 0.25) is 0 Å². The Morgan fingerprint density at radius 3 is 1.65 bits per heavy atom. The van der Waals surface area contributed by atoms with Crippen LogP contribution in [-0.4, -0.2) is 12.4 Å². The zero-order chi connectivity index (χ0) is 19.2. The number of nitrogens with zero attached hydrogens (tertiary/aromatic N) is 2. The first kappa shape index (κ1) is 21.5. The van der Waals surface area contributed by atoms with Gasteiger partial charge < -0.3 is 0 Å². The molecule has 2 aromatic carbocycles. The van der Waals surface area contributed by atoms with E-state index in [4.69, 9.17) is 0 Å². The van der Waals surface area contributed by atoms with Gasteiger partial charge in [-0.25, -0.2) is 9.98 Å². The largest absolute Gasteiger partial charge is 0.245 e. The molecule has 3 rings (SSSR count). The first-order chi connectivity index (χ1) is 12.8. The Balaban J connectivity index is 0.000000791. The third kappa shape index (κ3) is 7.16. The molecule has 1 aromatic heterocycles. The van der Waals surface area contributed by atoms with Gasteiger partial charge in [-0.2, -0.15) is 0 Å². The Kier molecular flexibility index (Phi) is 10.6. The maximum Gasteiger partial charge on any atom is 0.120 e. The van der Waals surface area contributed by atoms with Crippen LogP contribution in [0.25, 0.3) is 0 Å². The quantitative estimate of drug-likeness (QED) is 0.426. The molecule has 0 unspecified atom stereocenters. The highest BCUT2D eigenvalue weighted by atomic mass is 32.1. The lowest BCUT2D eigenvalue weighted by Gasteiger charge is -1.91. The van der Waals surface area contributed by atoms with Gasteiger partial charge in [-0.15, -0.1) is 0 Å². The van der Waals surface area contributed by atoms with Crippen LogP contribution in [0.15, 0.2) is 76.7 Å². The highest BCUT2D eigenvalue weighted by Gasteiger charge is 2.02. The molecule has 0 saturated carbocycles. The number of hydrogen-bond acceptors (Lipinski definition) is 3. The lowest BCUT2D eigenvalue weighted by molar-refractivity contribution is 1.47. The van der Waals surface area contributed by atoms with Crippen LogP contribution < -0.4 is 0 Å². The molecule has 0 radical (unpaired) electrons. The van der Waals surface area contributed by atoms with Crippen molar-refractivity contribution in [3.05, 3.63) is 83.4 Å². The Hall–Kier alpha value is -2.52. The van der Waals surface area contributed by atoms with E-state index in [1.807, 2.05) is 101 Å². The SMILES string of the molecule is CC.CC.Cc1cc(/N=C/c2ccccc2)sc1/N=C/c1ccccc1. The van der Waals surface area contributed by atoms with Gasteiger partial charge in [-0.3, -0.25) is 0 Å². The van der Waals surface area contributed by atoms with Gasteiger partial charge in [0, 0.05) is 12.4 Å². The van der Waals surface area contributed by atoms with E-state index in [1.165, 1.54) is 0 Å². The van der Waals surface area contributed by atoms with Crippen LogP contribution in [-0.2, 0) is 0 Å². The first-order valence-electron chi connectivity index (χ1n) is 9.10. The normalized spacial score (nSPS) is 10.2. The maximum atomic E-state index is 4.57. The van der Waals surface area contributed by atoms with Gasteiger partial charge in [-0.05, 0) is 29.7 Å². The summed E-state index contributed by atoms with van der Waals surface area (Å²) in [6.45, 7) is 10.1. The molecule has 0 atom stereocenters. The molecule has 0 aliphatic carbocycles. The fourth-order valence-corrected chi connectivity index (χ4v) is 2.86. The van der Waals surface area contributed by atoms with Crippen LogP contribution in [0.4, 0.5) is 10.0 Å². The zero-order valence-corrected chi connectivity index (χ0v) is 17.1. The van der Waals surface area contributed by atoms with Crippen LogP contribution in [0.1, 0.15) is 44.4 Å². The first-order valence-corrected chi connectivity index (χ1v) is 9.91. The summed E-state index contributed by atoms with van der Waals surface area (Å²) < 4.78 is 0. The predicted octanol–water partition coefficient (Wildman–Crippen LogP) is 7.61. The van der Waals surface area contributed by atoms with Crippen molar-refractivity contribution in [2.75, 3.05) is 0 Å². The molecule has 0 bridgehead atoms. The second kappa shape index (κ2) is 12.8. The molecule has 0 aliphatic rings. The second-order valence-corrected chi connectivity index (χ2v) is 5.92. The van der Waals surface area contributed by atoms with Crippen molar-refractivity contribution in [1.82, 2.24) is 0 Å². The number of hydrogen-bond donors (Lipinski definition) is 0. The molecule has 0 amide bonds. The molecular weight excluding hydrogens is 336 g/mol. The monoisotopic (exact) mass is 364 g/mol. The fourth-order valence-electron chi connectivity index (χ4n) is 2.00. The molecule has 0 aliphatic heterocycles. The van der Waals surface area contributed by atoms with E-state index < -0.39 is 0 Å². The van der Waals surface area contributed by atoms with Crippen molar-refractivity contribution in [2.24, 2.45) is 9.98 Å². The minimum absolute atomic E-state index is 0.974. The van der Waals surface area contributed by atoms with Gasteiger partial charge >= 0.3 is 0 Å². The molecular formula is C23H28N2S. The van der Waals surface area contributed by atoms with Gasteiger partial charge in [0.2, 0.25) is 0 Å². The van der Waals surface area contributed by atoms with Crippen LogP contribution in [0.5, 0.6) is 0 Å². The topological polar surface area (TPSA) is 24.7 Å². The highest BCUT2D eigenvalue weighted by Crippen LogP contribution is 2.35. The highest BCUT2D eigenvalue weighted by molar-refractivity contribution is 7.19. The Morgan fingerprint density at radius 1 is 0.692 bits per heavy atom. The number of aryl methyl sites for hydroxylation is 1. The molecule has 26 heavy (non-hydrogen) atoms. The average molecular weight is 365 g/mol. The number of rotatable bonds is 4. The lowest BCUT2D eigenvalue weighted by Crippen LogP contribution is -1.77. The molecule has 1 heterocycles. The summed E-state index contributed by atoms with van der Waals surface area (Å²) in [5.41, 5.74) is 3.35. The van der Waals surface area contributed by atoms with Crippen LogP contribution in [0.3, 0.4) is 0 Å². The fraction of sp³-hybridized carbons (Fsp3) is 0.217. The molecule has 3 aromatic rings. The Labute approximate surface area is 162 Å². The van der Waals surface area contributed by atoms with Crippen LogP contribution in [0, 0.1) is 6.92 Å². The van der Waals surface area contributed by atoms with Gasteiger partial charge in [-0.1, -0.05) is 99.7 Å². The van der Waals surface area contributed by atoms with Crippen molar-refractivity contribution in [1.29, 1.82) is 0 Å². The summed E-state index contributed by atoms with van der Waals surface area (Å²) in [6, 6.07) is 22.3. The van der Waals surface area contributed by atoms with E-state index in [-0.39, 0.29) is 0 Å². The molecule has 136 valence electrons. The van der Waals surface area contributed by atoms with E-state index in [1.54, 1.807) is 11.3 Å². The minimum atomic E-state index is 0.974. The Morgan fingerprint density at radius 2 is 1.15 bits per heavy atom. The summed E-state index contributed by atoms with van der Waals surface area (Å²) in [4.78, 5) is 9.10. The number of aliphatic imine (C=N–C) groups is 2. The molecule has 0 fully saturated rings. The lowest BCUT2D eigenvalue weighted by atomic mass is 10.2. The van der Waals surface area contributed by atoms with Gasteiger partial charge in [0.1, 0.15) is 10.0 Å².